The van der Waals surface area contributed by atoms with Crippen LogP contribution >= 0.6 is 0 Å². The van der Waals surface area contributed by atoms with E-state index in [1.54, 1.807) is 6.92 Å². The molecule has 0 aliphatic heterocycles. The van der Waals surface area contributed by atoms with E-state index < -0.39 is 0 Å². The van der Waals surface area contributed by atoms with Gasteiger partial charge in [-0.25, -0.2) is 0 Å². The third-order valence-corrected chi connectivity index (χ3v) is 3.87. The predicted octanol–water partition coefficient (Wildman–Crippen LogP) is 2.57. The van der Waals surface area contributed by atoms with Crippen LogP contribution < -0.4 is 0 Å². The van der Waals surface area contributed by atoms with Crippen LogP contribution in [0.3, 0.4) is 0 Å². The zero-order valence-electron chi connectivity index (χ0n) is 8.05. The summed E-state index contributed by atoms with van der Waals surface area (Å²) in [6.45, 7) is 6.28. The van der Waals surface area contributed by atoms with Crippen LogP contribution in [-0.2, 0) is 4.79 Å². The number of fused-ring (bicyclic) bond motifs is 1. The van der Waals surface area contributed by atoms with E-state index in [-0.39, 0.29) is 5.78 Å². The first-order valence-electron chi connectivity index (χ1n) is 4.74. The van der Waals surface area contributed by atoms with Crippen LogP contribution in [0.5, 0.6) is 0 Å². The van der Waals surface area contributed by atoms with E-state index in [0.717, 1.165) is 17.9 Å². The molecule has 0 N–H and O–H groups in total. The highest BCUT2D eigenvalue weighted by Gasteiger charge is 2.51. The van der Waals surface area contributed by atoms with Crippen molar-refractivity contribution in [1.82, 2.24) is 0 Å². The Morgan fingerprint density at radius 3 is 2.58 bits per heavy atom. The van der Waals surface area contributed by atoms with Crippen molar-refractivity contribution in [2.24, 2.45) is 17.3 Å². The number of hydrogen-bond acceptors (Lipinski definition) is 1. The molecule has 3 rings (SSSR count). The van der Waals surface area contributed by atoms with Crippen LogP contribution in [0.15, 0.2) is 11.6 Å². The molecular formula is C11H16O. The van der Waals surface area contributed by atoms with E-state index in [4.69, 9.17) is 0 Å². The second-order valence-corrected chi connectivity index (χ2v) is 4.76. The van der Waals surface area contributed by atoms with Crippen LogP contribution in [0.2, 0.25) is 0 Å². The molecule has 0 spiro atoms. The SMILES string of the molecule is CC(=O)C1=CCC2CC1C2(C)C. The highest BCUT2D eigenvalue weighted by atomic mass is 16.1. The van der Waals surface area contributed by atoms with Gasteiger partial charge in [0.15, 0.2) is 5.78 Å². The van der Waals surface area contributed by atoms with Gasteiger partial charge in [0.2, 0.25) is 0 Å². The maximum atomic E-state index is 11.3. The van der Waals surface area contributed by atoms with E-state index in [0.29, 0.717) is 11.3 Å². The van der Waals surface area contributed by atoms with Gasteiger partial charge in [0.1, 0.15) is 0 Å². The zero-order valence-corrected chi connectivity index (χ0v) is 8.05. The van der Waals surface area contributed by atoms with E-state index in [1.165, 1.54) is 6.42 Å². The predicted molar refractivity (Wildman–Crippen MR) is 48.8 cm³/mol. The van der Waals surface area contributed by atoms with Gasteiger partial charge in [-0.05, 0) is 42.6 Å². The average molecular weight is 164 g/mol. The molecular weight excluding hydrogens is 148 g/mol. The quantitative estimate of drug-likeness (QED) is 0.582. The monoisotopic (exact) mass is 164 g/mol. The standard InChI is InChI=1S/C11H16O/c1-7(12)9-5-4-8-6-10(9)11(8,2)3/h5,8,10H,4,6H2,1-3H3. The summed E-state index contributed by atoms with van der Waals surface area (Å²) in [6, 6.07) is 0. The highest BCUT2D eigenvalue weighted by Crippen LogP contribution is 2.59. The van der Waals surface area contributed by atoms with E-state index >= 15 is 0 Å². The average Bonchev–Trinajstić information content (AvgIpc) is 2.04. The molecule has 1 nitrogen and oxygen atoms in total. The Bertz CT molecular complexity index is 260. The lowest BCUT2D eigenvalue weighted by Crippen LogP contribution is -2.49. The number of carbonyl (C=O) groups is 1. The molecule has 0 aromatic rings. The summed E-state index contributed by atoms with van der Waals surface area (Å²) in [7, 11) is 0. The zero-order chi connectivity index (χ0) is 8.93. The van der Waals surface area contributed by atoms with E-state index in [9.17, 15) is 4.79 Å². The van der Waals surface area contributed by atoms with E-state index in [1.807, 2.05) is 0 Å². The van der Waals surface area contributed by atoms with Gasteiger partial charge < -0.3 is 0 Å². The fraction of sp³-hybridized carbons (Fsp3) is 0.727. The van der Waals surface area contributed by atoms with Gasteiger partial charge in [0, 0.05) is 0 Å². The largest absolute Gasteiger partial charge is 0.295 e. The summed E-state index contributed by atoms with van der Waals surface area (Å²) in [5, 5.41) is 0. The van der Waals surface area contributed by atoms with Crippen LogP contribution in [-0.4, -0.2) is 5.78 Å². The van der Waals surface area contributed by atoms with Gasteiger partial charge in [0.25, 0.3) is 0 Å². The minimum atomic E-state index is 0.284. The highest BCUT2D eigenvalue weighted by molar-refractivity contribution is 5.94. The lowest BCUT2D eigenvalue weighted by Gasteiger charge is -2.56. The molecule has 0 saturated heterocycles. The Hall–Kier alpha value is -0.590. The molecule has 1 fully saturated rings. The number of ketones is 1. The summed E-state index contributed by atoms with van der Waals surface area (Å²) >= 11 is 0. The van der Waals surface area contributed by atoms with Crippen molar-refractivity contribution in [3.8, 4) is 0 Å². The summed E-state index contributed by atoms with van der Waals surface area (Å²) in [5.74, 6) is 1.69. The number of Topliss-reactive ketones (excluding diaryl/α,β-unsaturated/α-hetero) is 1. The van der Waals surface area contributed by atoms with Crippen molar-refractivity contribution >= 4 is 5.78 Å². The summed E-state index contributed by atoms with van der Waals surface area (Å²) in [6.07, 6.45) is 4.53. The second-order valence-electron chi connectivity index (χ2n) is 4.76. The van der Waals surface area contributed by atoms with Crippen LogP contribution in [0.1, 0.15) is 33.6 Å². The molecule has 2 atom stereocenters. The van der Waals surface area contributed by atoms with Crippen molar-refractivity contribution in [3.05, 3.63) is 11.6 Å². The molecule has 0 aromatic carbocycles. The summed E-state index contributed by atoms with van der Waals surface area (Å²) in [5.41, 5.74) is 1.50. The van der Waals surface area contributed by atoms with Crippen molar-refractivity contribution in [3.63, 3.8) is 0 Å². The van der Waals surface area contributed by atoms with Crippen molar-refractivity contribution in [1.29, 1.82) is 0 Å². The molecule has 2 unspecified atom stereocenters. The minimum Gasteiger partial charge on any atom is -0.295 e. The lowest BCUT2D eigenvalue weighted by atomic mass is 9.48. The molecule has 3 aliphatic carbocycles. The number of rotatable bonds is 1. The van der Waals surface area contributed by atoms with Gasteiger partial charge in [-0.15, -0.1) is 0 Å². The number of hydrogen-bond donors (Lipinski definition) is 0. The number of carbonyl (C=O) groups excluding carboxylic acids is 1. The normalized spacial score (nSPS) is 36.8. The lowest BCUT2D eigenvalue weighted by molar-refractivity contribution is -0.117. The fourth-order valence-corrected chi connectivity index (χ4v) is 2.74. The fourth-order valence-electron chi connectivity index (χ4n) is 2.74. The smallest absolute Gasteiger partial charge is 0.155 e. The Labute approximate surface area is 73.8 Å². The molecule has 1 heteroatoms. The number of allylic oxidation sites excluding steroid dienone is 2. The molecule has 66 valence electrons. The summed E-state index contributed by atoms with van der Waals surface area (Å²) in [4.78, 5) is 11.3. The molecule has 0 amide bonds. The maximum absolute atomic E-state index is 11.3. The van der Waals surface area contributed by atoms with Gasteiger partial charge in [0.05, 0.1) is 0 Å². The molecule has 2 bridgehead atoms. The van der Waals surface area contributed by atoms with Gasteiger partial charge in [-0.1, -0.05) is 19.9 Å². The van der Waals surface area contributed by atoms with Crippen LogP contribution in [0, 0.1) is 17.3 Å². The molecule has 12 heavy (non-hydrogen) atoms. The van der Waals surface area contributed by atoms with Crippen molar-refractivity contribution < 1.29 is 4.79 Å². The minimum absolute atomic E-state index is 0.284. The van der Waals surface area contributed by atoms with Gasteiger partial charge in [-0.3, -0.25) is 4.79 Å². The van der Waals surface area contributed by atoms with Crippen molar-refractivity contribution in [2.45, 2.75) is 33.6 Å². The topological polar surface area (TPSA) is 17.1 Å². The Morgan fingerprint density at radius 1 is 1.58 bits per heavy atom. The third kappa shape index (κ3) is 0.825. The summed E-state index contributed by atoms with van der Waals surface area (Å²) < 4.78 is 0. The van der Waals surface area contributed by atoms with E-state index in [2.05, 4.69) is 19.9 Å². The third-order valence-electron chi connectivity index (χ3n) is 3.87. The van der Waals surface area contributed by atoms with Gasteiger partial charge >= 0.3 is 0 Å². The van der Waals surface area contributed by atoms with Crippen molar-refractivity contribution in [2.75, 3.05) is 0 Å². The van der Waals surface area contributed by atoms with Crippen LogP contribution in [0.25, 0.3) is 0 Å². The first-order chi connectivity index (χ1) is 5.53. The molecule has 0 aromatic heterocycles. The maximum Gasteiger partial charge on any atom is 0.155 e. The Balaban J connectivity index is 2.30. The Kier molecular flexibility index (Phi) is 1.48. The first kappa shape index (κ1) is 8.03. The molecule has 3 aliphatic rings. The Morgan fingerprint density at radius 2 is 2.25 bits per heavy atom. The molecule has 1 saturated carbocycles. The second kappa shape index (κ2) is 2.21. The first-order valence-corrected chi connectivity index (χ1v) is 4.74. The van der Waals surface area contributed by atoms with Gasteiger partial charge in [-0.2, -0.15) is 0 Å². The molecule has 0 radical (unpaired) electrons. The van der Waals surface area contributed by atoms with Crippen LogP contribution in [0.4, 0.5) is 0 Å². The molecule has 0 heterocycles.